The number of nitro benzene ring substituents is 1. The molecule has 1 atom stereocenters. The number of nitro groups is 1. The van der Waals surface area contributed by atoms with Crippen molar-refractivity contribution in [2.24, 2.45) is 5.73 Å². The van der Waals surface area contributed by atoms with Gasteiger partial charge in [0.25, 0.3) is 5.69 Å². The highest BCUT2D eigenvalue weighted by Gasteiger charge is 2.11. The largest absolute Gasteiger partial charge is 0.370 e. The van der Waals surface area contributed by atoms with Gasteiger partial charge in [0.1, 0.15) is 5.82 Å². The molecule has 0 saturated heterocycles. The molecule has 7 heteroatoms. The van der Waals surface area contributed by atoms with E-state index in [9.17, 15) is 19.3 Å². The van der Waals surface area contributed by atoms with Crippen LogP contribution in [0.2, 0.25) is 0 Å². The van der Waals surface area contributed by atoms with E-state index < -0.39 is 16.6 Å². The van der Waals surface area contributed by atoms with Gasteiger partial charge in [0.15, 0.2) is 0 Å². The number of hydrogen-bond donors (Lipinski definition) is 2. The molecule has 0 aromatic heterocycles. The number of hydrogen-bond acceptors (Lipinski definition) is 4. The summed E-state index contributed by atoms with van der Waals surface area (Å²) >= 11 is 0. The Morgan fingerprint density at radius 1 is 1.56 bits per heavy atom. The highest BCUT2D eigenvalue weighted by molar-refractivity contribution is 5.74. The zero-order chi connectivity index (χ0) is 13.7. The zero-order valence-electron chi connectivity index (χ0n) is 9.85. The van der Waals surface area contributed by atoms with Gasteiger partial charge in [-0.1, -0.05) is 0 Å². The minimum atomic E-state index is -0.663. The van der Waals surface area contributed by atoms with Crippen molar-refractivity contribution in [3.05, 3.63) is 39.7 Å². The third-order valence-electron chi connectivity index (χ3n) is 2.32. The van der Waals surface area contributed by atoms with Gasteiger partial charge in [-0.2, -0.15) is 0 Å². The van der Waals surface area contributed by atoms with Crippen LogP contribution >= 0.6 is 0 Å². The molecule has 1 rings (SSSR count). The Labute approximate surface area is 103 Å². The maximum Gasteiger partial charge on any atom is 0.272 e. The van der Waals surface area contributed by atoms with Crippen molar-refractivity contribution >= 4 is 11.6 Å². The van der Waals surface area contributed by atoms with Gasteiger partial charge in [0.05, 0.1) is 11.0 Å². The molecule has 1 aromatic carbocycles. The second-order valence-corrected chi connectivity index (χ2v) is 4.03. The fraction of sp³-hybridized carbons (Fsp3) is 0.364. The predicted molar refractivity (Wildman–Crippen MR) is 63.2 cm³/mol. The molecule has 0 aliphatic rings. The summed E-state index contributed by atoms with van der Waals surface area (Å²) in [6, 6.07) is 3.17. The summed E-state index contributed by atoms with van der Waals surface area (Å²) in [5.41, 5.74) is 5.17. The van der Waals surface area contributed by atoms with Crippen LogP contribution in [0.1, 0.15) is 18.9 Å². The van der Waals surface area contributed by atoms with Crippen LogP contribution in [0.5, 0.6) is 0 Å². The lowest BCUT2D eigenvalue weighted by molar-refractivity contribution is -0.385. The molecule has 0 fully saturated rings. The number of non-ortho nitro benzene ring substituents is 1. The van der Waals surface area contributed by atoms with Crippen molar-refractivity contribution in [1.82, 2.24) is 5.32 Å². The Bertz CT molecular complexity index is 465. The molecular weight excluding hydrogens is 241 g/mol. The molecule has 18 heavy (non-hydrogen) atoms. The van der Waals surface area contributed by atoms with E-state index in [0.29, 0.717) is 5.56 Å². The Morgan fingerprint density at radius 2 is 2.22 bits per heavy atom. The Hall–Kier alpha value is -2.02. The van der Waals surface area contributed by atoms with Gasteiger partial charge >= 0.3 is 0 Å². The number of nitrogens with two attached hydrogens (primary N) is 1. The molecule has 0 bridgehead atoms. The van der Waals surface area contributed by atoms with Crippen LogP contribution in [-0.4, -0.2) is 16.9 Å². The predicted octanol–water partition coefficient (Wildman–Crippen LogP) is 1.09. The van der Waals surface area contributed by atoms with Gasteiger partial charge in [-0.15, -0.1) is 0 Å². The van der Waals surface area contributed by atoms with E-state index in [2.05, 4.69) is 5.32 Å². The minimum absolute atomic E-state index is 0.150. The average Bonchev–Trinajstić information content (AvgIpc) is 2.24. The lowest BCUT2D eigenvalue weighted by Crippen LogP contribution is -2.30. The van der Waals surface area contributed by atoms with Crippen LogP contribution in [0, 0.1) is 15.9 Å². The summed E-state index contributed by atoms with van der Waals surface area (Å²) < 4.78 is 13.1. The van der Waals surface area contributed by atoms with Crippen molar-refractivity contribution in [2.75, 3.05) is 0 Å². The molecule has 3 N–H and O–H groups in total. The molecular formula is C11H14FN3O3. The van der Waals surface area contributed by atoms with Gasteiger partial charge in [-0.3, -0.25) is 14.9 Å². The summed E-state index contributed by atoms with van der Waals surface area (Å²) in [7, 11) is 0. The van der Waals surface area contributed by atoms with Crippen molar-refractivity contribution in [3.63, 3.8) is 0 Å². The van der Waals surface area contributed by atoms with Crippen molar-refractivity contribution in [3.8, 4) is 0 Å². The van der Waals surface area contributed by atoms with Crippen LogP contribution < -0.4 is 11.1 Å². The molecule has 0 aliphatic heterocycles. The maximum absolute atomic E-state index is 13.1. The van der Waals surface area contributed by atoms with Gasteiger partial charge in [0.2, 0.25) is 5.91 Å². The van der Waals surface area contributed by atoms with Gasteiger partial charge < -0.3 is 11.1 Å². The number of halogens is 1. The summed E-state index contributed by atoms with van der Waals surface area (Å²) in [6.07, 6.45) is 0.150. The van der Waals surface area contributed by atoms with Crippen molar-refractivity contribution in [1.29, 1.82) is 0 Å². The van der Waals surface area contributed by atoms with E-state index in [1.807, 2.05) is 0 Å². The van der Waals surface area contributed by atoms with Crippen LogP contribution in [0.25, 0.3) is 0 Å². The van der Waals surface area contributed by atoms with Crippen LogP contribution in [-0.2, 0) is 11.3 Å². The number of amides is 1. The molecule has 0 aliphatic carbocycles. The molecule has 98 valence electrons. The summed E-state index contributed by atoms with van der Waals surface area (Å²) in [5, 5.41) is 13.5. The first kappa shape index (κ1) is 14.0. The molecule has 1 unspecified atom stereocenters. The van der Waals surface area contributed by atoms with Crippen LogP contribution in [0.15, 0.2) is 18.2 Å². The van der Waals surface area contributed by atoms with E-state index in [4.69, 9.17) is 5.73 Å². The number of rotatable bonds is 6. The van der Waals surface area contributed by atoms with Crippen molar-refractivity contribution in [2.45, 2.75) is 25.9 Å². The molecule has 1 amide bonds. The first-order valence-electron chi connectivity index (χ1n) is 5.34. The quantitative estimate of drug-likeness (QED) is 0.587. The fourth-order valence-electron chi connectivity index (χ4n) is 1.51. The van der Waals surface area contributed by atoms with E-state index in [-0.39, 0.29) is 24.7 Å². The Morgan fingerprint density at radius 3 is 2.78 bits per heavy atom. The monoisotopic (exact) mass is 255 g/mol. The zero-order valence-corrected chi connectivity index (χ0v) is 9.85. The van der Waals surface area contributed by atoms with E-state index in [0.717, 1.165) is 6.07 Å². The van der Waals surface area contributed by atoms with Crippen LogP contribution in [0.4, 0.5) is 10.1 Å². The normalized spacial score (nSPS) is 12.1. The molecule has 0 radical (unpaired) electrons. The minimum Gasteiger partial charge on any atom is -0.370 e. The molecule has 6 nitrogen and oxygen atoms in total. The lowest BCUT2D eigenvalue weighted by atomic mass is 10.1. The maximum atomic E-state index is 13.1. The average molecular weight is 255 g/mol. The van der Waals surface area contributed by atoms with E-state index in [1.54, 1.807) is 6.92 Å². The highest BCUT2D eigenvalue weighted by atomic mass is 19.1. The van der Waals surface area contributed by atoms with Gasteiger partial charge in [-0.05, 0) is 18.6 Å². The summed E-state index contributed by atoms with van der Waals surface area (Å²) in [5.74, 6) is -1.11. The van der Waals surface area contributed by atoms with Crippen molar-refractivity contribution < 1.29 is 14.1 Å². The first-order valence-corrected chi connectivity index (χ1v) is 5.34. The molecule has 0 spiro atoms. The third-order valence-corrected chi connectivity index (χ3v) is 2.32. The summed E-state index contributed by atoms with van der Waals surface area (Å²) in [6.45, 7) is 1.98. The molecule has 0 saturated carbocycles. The third kappa shape index (κ3) is 4.46. The fourth-order valence-corrected chi connectivity index (χ4v) is 1.51. The lowest BCUT2D eigenvalue weighted by Gasteiger charge is -2.11. The second kappa shape index (κ2) is 6.06. The van der Waals surface area contributed by atoms with Crippen LogP contribution in [0.3, 0.4) is 0 Å². The molecule has 0 heterocycles. The summed E-state index contributed by atoms with van der Waals surface area (Å²) in [4.78, 5) is 20.5. The van der Waals surface area contributed by atoms with E-state index >= 15 is 0 Å². The Balaban J connectivity index is 2.67. The second-order valence-electron chi connectivity index (χ2n) is 4.03. The number of nitrogens with one attached hydrogen (secondary N) is 1. The SMILES string of the molecule is CC(CC(N)=O)NCc1cc(F)cc([N+](=O)[O-])c1. The standard InChI is InChI=1S/C11H14FN3O3/c1-7(2-11(13)16)14-6-8-3-9(12)5-10(4-8)15(17)18/h3-5,7,14H,2,6H2,1H3,(H2,13,16). The van der Waals surface area contributed by atoms with Gasteiger partial charge in [-0.25, -0.2) is 4.39 Å². The smallest absolute Gasteiger partial charge is 0.272 e. The molecule has 1 aromatic rings. The number of benzene rings is 1. The number of nitrogens with zero attached hydrogens (tertiary/aromatic N) is 1. The van der Waals surface area contributed by atoms with E-state index in [1.165, 1.54) is 12.1 Å². The topological polar surface area (TPSA) is 98.3 Å². The number of carbonyl (C=O) groups excluding carboxylic acids is 1. The number of primary amides is 1. The van der Waals surface area contributed by atoms with Gasteiger partial charge in [0, 0.05) is 25.1 Å². The first-order chi connectivity index (χ1) is 8.38. The Kier molecular flexibility index (Phi) is 4.73. The highest BCUT2D eigenvalue weighted by Crippen LogP contribution is 2.16. The number of carbonyl (C=O) groups is 1.